The second kappa shape index (κ2) is 9.31. The summed E-state index contributed by atoms with van der Waals surface area (Å²) in [4.78, 5) is 27.3. The second-order valence-electron chi connectivity index (χ2n) is 5.10. The number of methoxy groups -OCH3 is 1. The first-order valence-electron chi connectivity index (χ1n) is 7.57. The van der Waals surface area contributed by atoms with Crippen molar-refractivity contribution in [2.75, 3.05) is 30.9 Å². The molecule has 0 radical (unpaired) electrons. The normalized spacial score (nSPS) is 10.2. The van der Waals surface area contributed by atoms with E-state index >= 15 is 0 Å². The molecule has 2 aromatic rings. The number of carbonyl (C=O) groups excluding carboxylic acids is 2. The molecule has 0 fully saturated rings. The summed E-state index contributed by atoms with van der Waals surface area (Å²) in [5, 5.41) is 8.19. The van der Waals surface area contributed by atoms with E-state index in [1.807, 2.05) is 10.8 Å². The summed E-state index contributed by atoms with van der Waals surface area (Å²) >= 11 is 0. The lowest BCUT2D eigenvalue weighted by Crippen LogP contribution is -2.30. The summed E-state index contributed by atoms with van der Waals surface area (Å²) in [6, 6.07) is 6.62. The Morgan fingerprint density at radius 1 is 1.25 bits per heavy atom. The lowest BCUT2D eigenvalue weighted by molar-refractivity contribution is -0.119. The number of ether oxygens (including phenoxy) is 1. The molecule has 0 atom stereocenters. The molecule has 0 aliphatic carbocycles. The number of aromatic nitrogens is 2. The molecule has 3 N–H and O–H groups in total. The van der Waals surface area contributed by atoms with Gasteiger partial charge in [-0.25, -0.2) is 9.78 Å². The lowest BCUT2D eigenvalue weighted by Gasteiger charge is -2.10. The van der Waals surface area contributed by atoms with E-state index in [-0.39, 0.29) is 18.5 Å². The van der Waals surface area contributed by atoms with Gasteiger partial charge in [0.2, 0.25) is 5.91 Å². The number of nitrogens with one attached hydrogen (secondary N) is 3. The van der Waals surface area contributed by atoms with Crippen LogP contribution in [0.5, 0.6) is 0 Å². The van der Waals surface area contributed by atoms with Gasteiger partial charge in [0.15, 0.2) is 0 Å². The van der Waals surface area contributed by atoms with E-state index in [9.17, 15) is 9.59 Å². The quantitative estimate of drug-likeness (QED) is 0.641. The fourth-order valence-electron chi connectivity index (χ4n) is 2.06. The first-order chi connectivity index (χ1) is 11.7. The predicted molar refractivity (Wildman–Crippen MR) is 90.8 cm³/mol. The molecule has 1 aromatic carbocycles. The zero-order valence-corrected chi connectivity index (χ0v) is 13.5. The first-order valence-corrected chi connectivity index (χ1v) is 7.57. The maximum absolute atomic E-state index is 11.9. The van der Waals surface area contributed by atoms with E-state index in [1.165, 1.54) is 7.11 Å². The van der Waals surface area contributed by atoms with Crippen molar-refractivity contribution in [3.8, 4) is 0 Å². The third-order valence-electron chi connectivity index (χ3n) is 3.12. The molecule has 1 heterocycles. The number of rotatable bonds is 8. The smallest absolute Gasteiger partial charge is 0.319 e. The third kappa shape index (κ3) is 6.09. The predicted octanol–water partition coefficient (Wildman–Crippen LogP) is 1.68. The summed E-state index contributed by atoms with van der Waals surface area (Å²) in [5.74, 6) is -0.251. The third-order valence-corrected chi connectivity index (χ3v) is 3.12. The first kappa shape index (κ1) is 17.5. The second-order valence-corrected chi connectivity index (χ2v) is 5.10. The Morgan fingerprint density at radius 2 is 2.04 bits per heavy atom. The van der Waals surface area contributed by atoms with Crippen LogP contribution in [0.4, 0.5) is 16.2 Å². The zero-order chi connectivity index (χ0) is 17.2. The summed E-state index contributed by atoms with van der Waals surface area (Å²) in [6.07, 6.45) is 6.14. The van der Waals surface area contributed by atoms with Crippen LogP contribution in [0.2, 0.25) is 0 Å². The van der Waals surface area contributed by atoms with Gasteiger partial charge in [0.05, 0.1) is 6.33 Å². The average molecular weight is 331 g/mol. The van der Waals surface area contributed by atoms with Crippen LogP contribution in [0.15, 0.2) is 43.0 Å². The minimum Gasteiger partial charge on any atom is -0.375 e. The molecular formula is C16H21N5O3. The van der Waals surface area contributed by atoms with Crippen molar-refractivity contribution >= 4 is 23.3 Å². The molecule has 8 heteroatoms. The highest BCUT2D eigenvalue weighted by molar-refractivity contribution is 5.94. The number of hydrogen-bond donors (Lipinski definition) is 3. The van der Waals surface area contributed by atoms with Crippen LogP contribution >= 0.6 is 0 Å². The topological polar surface area (TPSA) is 97.3 Å². The van der Waals surface area contributed by atoms with E-state index < -0.39 is 0 Å². The number of nitrogens with zero attached hydrogens (tertiary/aromatic N) is 2. The van der Waals surface area contributed by atoms with Gasteiger partial charge >= 0.3 is 6.03 Å². The molecule has 24 heavy (non-hydrogen) atoms. The molecule has 8 nitrogen and oxygen atoms in total. The Morgan fingerprint density at radius 3 is 2.75 bits per heavy atom. The van der Waals surface area contributed by atoms with Gasteiger partial charge in [-0.05, 0) is 24.6 Å². The van der Waals surface area contributed by atoms with Crippen molar-refractivity contribution < 1.29 is 14.3 Å². The number of benzene rings is 1. The molecule has 2 rings (SSSR count). The molecule has 128 valence electrons. The highest BCUT2D eigenvalue weighted by Gasteiger charge is 2.04. The molecule has 0 unspecified atom stereocenters. The highest BCUT2D eigenvalue weighted by atomic mass is 16.5. The SMILES string of the molecule is COCC(=O)Nc1cccc(NC(=O)NCCCn2ccnc2)c1. The maximum atomic E-state index is 11.9. The van der Waals surface area contributed by atoms with E-state index in [1.54, 1.807) is 36.8 Å². The number of hydrogen-bond acceptors (Lipinski definition) is 4. The Labute approximate surface area is 140 Å². The zero-order valence-electron chi connectivity index (χ0n) is 13.5. The molecule has 0 bridgehead atoms. The Hall–Kier alpha value is -2.87. The van der Waals surface area contributed by atoms with Gasteiger partial charge in [0.25, 0.3) is 0 Å². The number of anilines is 2. The summed E-state index contributed by atoms with van der Waals surface area (Å²) in [6.45, 7) is 1.32. The fraction of sp³-hybridized carbons (Fsp3) is 0.312. The molecule has 0 saturated carbocycles. The van der Waals surface area contributed by atoms with Gasteiger partial charge in [-0.3, -0.25) is 4.79 Å². The van der Waals surface area contributed by atoms with Crippen LogP contribution in [-0.4, -0.2) is 41.8 Å². The largest absolute Gasteiger partial charge is 0.375 e. The van der Waals surface area contributed by atoms with Crippen LogP contribution in [-0.2, 0) is 16.1 Å². The van der Waals surface area contributed by atoms with E-state index in [0.29, 0.717) is 17.9 Å². The fourth-order valence-corrected chi connectivity index (χ4v) is 2.06. The molecule has 0 aliphatic rings. The molecule has 1 aromatic heterocycles. The van der Waals surface area contributed by atoms with Gasteiger partial charge in [-0.15, -0.1) is 0 Å². The van der Waals surface area contributed by atoms with Crippen molar-refractivity contribution in [3.63, 3.8) is 0 Å². The minimum absolute atomic E-state index is 0.0188. The van der Waals surface area contributed by atoms with Crippen LogP contribution in [0, 0.1) is 0 Å². The van der Waals surface area contributed by atoms with Crippen molar-refractivity contribution in [1.82, 2.24) is 14.9 Å². The number of amides is 3. The summed E-state index contributed by atoms with van der Waals surface area (Å²) in [5.41, 5.74) is 1.19. The van der Waals surface area contributed by atoms with Gasteiger partial charge in [-0.1, -0.05) is 6.07 Å². The van der Waals surface area contributed by atoms with Crippen LogP contribution in [0.25, 0.3) is 0 Å². The van der Waals surface area contributed by atoms with E-state index in [4.69, 9.17) is 4.74 Å². The van der Waals surface area contributed by atoms with Crippen molar-refractivity contribution in [1.29, 1.82) is 0 Å². The van der Waals surface area contributed by atoms with Gasteiger partial charge in [0.1, 0.15) is 6.61 Å². The monoisotopic (exact) mass is 331 g/mol. The Balaban J connectivity index is 1.73. The molecular weight excluding hydrogens is 310 g/mol. The summed E-state index contributed by atoms with van der Waals surface area (Å²) < 4.78 is 6.71. The van der Waals surface area contributed by atoms with Crippen LogP contribution in [0.1, 0.15) is 6.42 Å². The van der Waals surface area contributed by atoms with E-state index in [0.717, 1.165) is 13.0 Å². The molecule has 0 spiro atoms. The molecule has 3 amide bonds. The number of imidazole rings is 1. The van der Waals surface area contributed by atoms with Gasteiger partial charge < -0.3 is 25.3 Å². The number of carbonyl (C=O) groups is 2. The van der Waals surface area contributed by atoms with Gasteiger partial charge in [-0.2, -0.15) is 0 Å². The minimum atomic E-state index is -0.291. The molecule has 0 aliphatic heterocycles. The van der Waals surface area contributed by atoms with E-state index in [2.05, 4.69) is 20.9 Å². The Kier molecular flexibility index (Phi) is 6.78. The average Bonchev–Trinajstić information content (AvgIpc) is 3.05. The standard InChI is InChI=1S/C16H21N5O3/c1-24-11-15(22)19-13-4-2-5-14(10-13)20-16(23)18-6-3-8-21-9-7-17-12-21/h2,4-5,7,9-10,12H,3,6,8,11H2,1H3,(H,19,22)(H2,18,20,23). The van der Waals surface area contributed by atoms with Crippen molar-refractivity contribution in [2.24, 2.45) is 0 Å². The lowest BCUT2D eigenvalue weighted by atomic mass is 10.2. The van der Waals surface area contributed by atoms with Crippen molar-refractivity contribution in [3.05, 3.63) is 43.0 Å². The number of aryl methyl sites for hydroxylation is 1. The number of urea groups is 1. The van der Waals surface area contributed by atoms with Crippen molar-refractivity contribution in [2.45, 2.75) is 13.0 Å². The van der Waals surface area contributed by atoms with Crippen LogP contribution in [0.3, 0.4) is 0 Å². The molecule has 0 saturated heterocycles. The van der Waals surface area contributed by atoms with Crippen LogP contribution < -0.4 is 16.0 Å². The van der Waals surface area contributed by atoms with Gasteiger partial charge in [0, 0.05) is 44.0 Å². The summed E-state index contributed by atoms with van der Waals surface area (Å²) in [7, 11) is 1.45. The highest BCUT2D eigenvalue weighted by Crippen LogP contribution is 2.14. The maximum Gasteiger partial charge on any atom is 0.319 e. The Bertz CT molecular complexity index is 657.